The van der Waals surface area contributed by atoms with Gasteiger partial charge in [-0.1, -0.05) is 41.7 Å². The lowest BCUT2D eigenvalue weighted by Gasteiger charge is -2.01. The number of aromatic nitrogens is 6. The molecule has 0 aliphatic carbocycles. The van der Waals surface area contributed by atoms with Crippen molar-refractivity contribution in [3.8, 4) is 0 Å². The average Bonchev–Trinajstić information content (AvgIpc) is 3.44. The number of nitrogens with zero attached hydrogens (tertiary/aromatic N) is 7. The molecule has 33 heavy (non-hydrogen) atoms. The summed E-state index contributed by atoms with van der Waals surface area (Å²) in [5.41, 5.74) is 1.86. The Kier molecular flexibility index (Phi) is 7.44. The molecule has 1 aromatic carbocycles. The number of hydrogen-bond acceptors (Lipinski definition) is 10. The molecule has 0 spiro atoms. The van der Waals surface area contributed by atoms with E-state index in [4.69, 9.17) is 17.5 Å². The summed E-state index contributed by atoms with van der Waals surface area (Å²) < 4.78 is 35.0. The van der Waals surface area contributed by atoms with Crippen molar-refractivity contribution in [2.75, 3.05) is 5.32 Å². The van der Waals surface area contributed by atoms with E-state index < -0.39 is 15.3 Å². The Bertz CT molecular complexity index is 1320. The molecule has 3 heterocycles. The van der Waals surface area contributed by atoms with Crippen LogP contribution < -0.4 is 5.32 Å². The lowest BCUT2D eigenvalue weighted by molar-refractivity contribution is -0.389. The summed E-state index contributed by atoms with van der Waals surface area (Å²) in [6.07, 6.45) is 1.89. The number of rotatable bonds is 7. The monoisotopic (exact) mass is 494 g/mol. The van der Waals surface area contributed by atoms with Crippen LogP contribution in [0.2, 0.25) is 0 Å². The van der Waals surface area contributed by atoms with Gasteiger partial charge in [0.2, 0.25) is 5.13 Å². The first-order chi connectivity index (χ1) is 15.6. The zero-order valence-electron chi connectivity index (χ0n) is 17.0. The predicted octanol–water partition coefficient (Wildman–Crippen LogP) is 2.34. The van der Waals surface area contributed by atoms with Crippen LogP contribution in [0, 0.1) is 17.0 Å². The Morgan fingerprint density at radius 3 is 2.45 bits per heavy atom. The molecule has 0 aliphatic rings. The van der Waals surface area contributed by atoms with Gasteiger partial charge in [0.1, 0.15) is 11.6 Å². The fourth-order valence-electron chi connectivity index (χ4n) is 2.63. The number of nitro groups is 1. The molecule has 174 valence electrons. The van der Waals surface area contributed by atoms with E-state index in [9.17, 15) is 10.1 Å². The van der Waals surface area contributed by atoms with Crippen molar-refractivity contribution in [3.05, 3.63) is 75.0 Å². The third-order valence-electron chi connectivity index (χ3n) is 3.97. The number of anilines is 2. The molecule has 0 fully saturated rings. The Morgan fingerprint density at radius 2 is 1.82 bits per heavy atom. The normalized spacial score (nSPS) is 11.0. The number of hydrogen-bond donors (Lipinski definition) is 3. The Morgan fingerprint density at radius 1 is 1.12 bits per heavy atom. The minimum Gasteiger partial charge on any atom is -0.358 e. The number of benzene rings is 1. The molecule has 0 unspecified atom stereocenters. The van der Waals surface area contributed by atoms with Gasteiger partial charge in [-0.3, -0.25) is 13.8 Å². The molecule has 3 aromatic heterocycles. The number of nitrogens with one attached hydrogen (secondary N) is 1. The van der Waals surface area contributed by atoms with Crippen LogP contribution in [0.3, 0.4) is 0 Å². The van der Waals surface area contributed by atoms with Gasteiger partial charge in [-0.2, -0.15) is 18.2 Å². The molecule has 3 N–H and O–H groups in total. The van der Waals surface area contributed by atoms with Gasteiger partial charge in [0, 0.05) is 12.3 Å². The van der Waals surface area contributed by atoms with Crippen LogP contribution in [0.1, 0.15) is 16.3 Å². The summed E-state index contributed by atoms with van der Waals surface area (Å²) in [5.74, 6) is 0.494. The molecule has 0 atom stereocenters. The van der Waals surface area contributed by atoms with E-state index in [-0.39, 0.29) is 5.82 Å². The lowest BCUT2D eigenvalue weighted by Crippen LogP contribution is -2.03. The predicted molar refractivity (Wildman–Crippen MR) is 118 cm³/mol. The Hall–Kier alpha value is -3.73. The minimum absolute atomic E-state index is 0.177. The highest BCUT2D eigenvalue weighted by Gasteiger charge is 2.17. The zero-order valence-corrected chi connectivity index (χ0v) is 18.6. The molecule has 16 heteroatoms. The third-order valence-corrected chi connectivity index (χ3v) is 4.79. The van der Waals surface area contributed by atoms with Crippen molar-refractivity contribution < 1.29 is 22.4 Å². The highest BCUT2D eigenvalue weighted by Crippen LogP contribution is 2.21. The van der Waals surface area contributed by atoms with Crippen LogP contribution in [0.25, 0.3) is 0 Å². The first-order valence-corrected chi connectivity index (χ1v) is 11.3. The van der Waals surface area contributed by atoms with Gasteiger partial charge < -0.3 is 15.4 Å². The summed E-state index contributed by atoms with van der Waals surface area (Å²) in [4.78, 5) is 10.3. The Balaban J connectivity index is 0.000000555. The van der Waals surface area contributed by atoms with Crippen LogP contribution in [-0.4, -0.2) is 52.2 Å². The maximum Gasteiger partial charge on any atom is 0.394 e. The molecular weight excluding hydrogens is 476 g/mol. The van der Waals surface area contributed by atoms with E-state index in [1.54, 1.807) is 6.92 Å². The van der Waals surface area contributed by atoms with Gasteiger partial charge in [-0.15, -0.1) is 10.2 Å². The fraction of sp³-hybridized carbons (Fsp3) is 0.176. The summed E-state index contributed by atoms with van der Waals surface area (Å²) in [5, 5.41) is 31.9. The smallest absolute Gasteiger partial charge is 0.358 e. The van der Waals surface area contributed by atoms with Crippen molar-refractivity contribution >= 4 is 38.5 Å². The van der Waals surface area contributed by atoms with Gasteiger partial charge in [-0.25, -0.2) is 0 Å². The molecule has 0 saturated carbocycles. The molecule has 0 bridgehead atoms. The first-order valence-electron chi connectivity index (χ1n) is 9.12. The largest absolute Gasteiger partial charge is 0.394 e. The molecule has 0 aliphatic heterocycles. The van der Waals surface area contributed by atoms with Gasteiger partial charge in [0.15, 0.2) is 5.82 Å². The van der Waals surface area contributed by atoms with E-state index in [1.165, 1.54) is 27.6 Å². The van der Waals surface area contributed by atoms with Gasteiger partial charge in [-0.05, 0) is 17.4 Å². The minimum atomic E-state index is -4.67. The maximum atomic E-state index is 10.8. The Labute approximate surface area is 191 Å². The second-order valence-corrected chi connectivity index (χ2v) is 8.47. The molecule has 4 rings (SSSR count). The second-order valence-electron chi connectivity index (χ2n) is 6.52. The number of aryl methyl sites for hydroxylation is 1. The van der Waals surface area contributed by atoms with Crippen molar-refractivity contribution in [3.63, 3.8) is 0 Å². The van der Waals surface area contributed by atoms with Crippen molar-refractivity contribution in [1.29, 1.82) is 0 Å². The van der Waals surface area contributed by atoms with E-state index >= 15 is 0 Å². The van der Waals surface area contributed by atoms with Gasteiger partial charge >= 0.3 is 16.2 Å². The molecular formula is C17H18N8O6S2. The van der Waals surface area contributed by atoms with Crippen LogP contribution in [0.5, 0.6) is 0 Å². The summed E-state index contributed by atoms with van der Waals surface area (Å²) in [6, 6.07) is 13.4. The van der Waals surface area contributed by atoms with Crippen LogP contribution in [0.15, 0.2) is 48.7 Å². The first kappa shape index (κ1) is 23.9. The topological polar surface area (TPSA) is 191 Å². The molecule has 0 saturated heterocycles. The van der Waals surface area contributed by atoms with Crippen molar-refractivity contribution in [2.45, 2.75) is 20.0 Å². The van der Waals surface area contributed by atoms with Crippen molar-refractivity contribution in [1.82, 2.24) is 29.8 Å². The standard InChI is InChI=1S/C17H16N8O2S.H2O4S/c1-12-9-15(25(26)27)22-24(12)11-16-19-20-17(28-16)18-14-7-8-23(21-14)10-13-5-3-2-4-6-13;1-5(2,3)4/h2-9H,10-11H2,1H3,(H,18,20,21);(H2,1,2,3,4). The van der Waals surface area contributed by atoms with Crippen LogP contribution >= 0.6 is 11.3 Å². The summed E-state index contributed by atoms with van der Waals surface area (Å²) in [6.45, 7) is 2.77. The van der Waals surface area contributed by atoms with Gasteiger partial charge in [0.05, 0.1) is 23.4 Å². The fourth-order valence-corrected chi connectivity index (χ4v) is 3.36. The highest BCUT2D eigenvalue weighted by atomic mass is 32.3. The van der Waals surface area contributed by atoms with E-state index in [1.807, 2.05) is 47.3 Å². The van der Waals surface area contributed by atoms with Crippen LogP contribution in [0.4, 0.5) is 16.8 Å². The molecule has 14 nitrogen and oxygen atoms in total. The summed E-state index contributed by atoms with van der Waals surface area (Å²) in [7, 11) is -4.67. The molecule has 0 radical (unpaired) electrons. The average molecular weight is 495 g/mol. The van der Waals surface area contributed by atoms with Crippen LogP contribution in [-0.2, 0) is 23.5 Å². The lowest BCUT2D eigenvalue weighted by atomic mass is 10.2. The quantitative estimate of drug-likeness (QED) is 0.194. The second kappa shape index (κ2) is 10.3. The third kappa shape index (κ3) is 7.72. The van der Waals surface area contributed by atoms with E-state index in [0.29, 0.717) is 34.7 Å². The summed E-state index contributed by atoms with van der Waals surface area (Å²) >= 11 is 1.35. The molecule has 0 amide bonds. The van der Waals surface area contributed by atoms with E-state index in [0.717, 1.165) is 0 Å². The SMILES string of the molecule is Cc1cc([N+](=O)[O-])nn1Cc1nnc(Nc2ccn(Cc3ccccc3)n2)s1.O=S(=O)(O)O. The highest BCUT2D eigenvalue weighted by molar-refractivity contribution is 7.79. The molecule has 4 aromatic rings. The van der Waals surface area contributed by atoms with Gasteiger partial charge in [0.25, 0.3) is 0 Å². The van der Waals surface area contributed by atoms with Crippen molar-refractivity contribution in [2.24, 2.45) is 0 Å². The zero-order chi connectivity index (χ0) is 24.0. The maximum absolute atomic E-state index is 10.8. The van der Waals surface area contributed by atoms with E-state index in [2.05, 4.69) is 25.7 Å².